The Kier molecular flexibility index (Phi) is 5.15. The molecule has 1 N–H and O–H groups in total. The van der Waals surface area contributed by atoms with E-state index in [-0.39, 0.29) is 0 Å². The van der Waals surface area contributed by atoms with Gasteiger partial charge in [-0.1, -0.05) is 11.6 Å². The van der Waals surface area contributed by atoms with Gasteiger partial charge in [0.1, 0.15) is 11.5 Å². The molecule has 0 bridgehead atoms. The maximum Gasteiger partial charge on any atom is 0.133 e. The molecule has 20 heavy (non-hydrogen) atoms. The Balaban J connectivity index is 2.12. The Labute approximate surface area is 132 Å². The third-order valence-electron chi connectivity index (χ3n) is 2.88. The number of halogens is 2. The average Bonchev–Trinajstić information content (AvgIpc) is 2.45. The number of benzene rings is 2. The summed E-state index contributed by atoms with van der Waals surface area (Å²) in [5.74, 6) is 1.62. The van der Waals surface area contributed by atoms with Gasteiger partial charge in [0.25, 0.3) is 0 Å². The van der Waals surface area contributed by atoms with E-state index in [0.717, 1.165) is 27.2 Å². The van der Waals surface area contributed by atoms with Gasteiger partial charge in [0.2, 0.25) is 0 Å². The third-order valence-corrected chi connectivity index (χ3v) is 3.73. The summed E-state index contributed by atoms with van der Waals surface area (Å²) in [5, 5.41) is 4.02. The second-order valence-electron chi connectivity index (χ2n) is 4.16. The molecular weight excluding hydrogens is 342 g/mol. The quantitative estimate of drug-likeness (QED) is 0.840. The highest BCUT2D eigenvalue weighted by Gasteiger charge is 2.05. The van der Waals surface area contributed by atoms with E-state index in [4.69, 9.17) is 21.1 Å². The minimum atomic E-state index is 0.627. The van der Waals surface area contributed by atoms with Gasteiger partial charge < -0.3 is 14.8 Å². The van der Waals surface area contributed by atoms with Crippen molar-refractivity contribution in [3.05, 3.63) is 51.5 Å². The van der Waals surface area contributed by atoms with Gasteiger partial charge in [0.15, 0.2) is 0 Å². The van der Waals surface area contributed by atoms with Crippen LogP contribution in [0.5, 0.6) is 11.5 Å². The standard InChI is InChI=1S/C15H15BrClNO2/c1-19-14-5-3-11(17)7-10(14)9-18-12-4-6-15(20-2)13(16)8-12/h3-8,18H,9H2,1-2H3. The van der Waals surface area contributed by atoms with E-state index in [9.17, 15) is 0 Å². The Morgan fingerprint density at radius 3 is 2.40 bits per heavy atom. The fourth-order valence-corrected chi connectivity index (χ4v) is 2.59. The van der Waals surface area contributed by atoms with Crippen LogP contribution in [0.15, 0.2) is 40.9 Å². The smallest absolute Gasteiger partial charge is 0.133 e. The third kappa shape index (κ3) is 3.58. The van der Waals surface area contributed by atoms with Crippen LogP contribution in [0.1, 0.15) is 5.56 Å². The Bertz CT molecular complexity index is 604. The molecule has 3 nitrogen and oxygen atoms in total. The summed E-state index contributed by atoms with van der Waals surface area (Å²) >= 11 is 9.48. The zero-order valence-corrected chi connectivity index (χ0v) is 13.6. The van der Waals surface area contributed by atoms with E-state index in [2.05, 4.69) is 21.2 Å². The highest BCUT2D eigenvalue weighted by atomic mass is 79.9. The number of hydrogen-bond donors (Lipinski definition) is 1. The van der Waals surface area contributed by atoms with E-state index in [1.54, 1.807) is 14.2 Å². The lowest BCUT2D eigenvalue weighted by Gasteiger charge is -2.12. The Morgan fingerprint density at radius 1 is 1.05 bits per heavy atom. The molecule has 0 atom stereocenters. The number of anilines is 1. The van der Waals surface area contributed by atoms with Gasteiger partial charge in [-0.15, -0.1) is 0 Å². The van der Waals surface area contributed by atoms with Crippen molar-refractivity contribution < 1.29 is 9.47 Å². The number of ether oxygens (including phenoxy) is 2. The number of nitrogens with one attached hydrogen (secondary N) is 1. The average molecular weight is 357 g/mol. The molecule has 0 spiro atoms. The van der Waals surface area contributed by atoms with Crippen LogP contribution < -0.4 is 14.8 Å². The highest BCUT2D eigenvalue weighted by molar-refractivity contribution is 9.10. The van der Waals surface area contributed by atoms with Crippen LogP contribution in [0, 0.1) is 0 Å². The molecule has 0 aliphatic heterocycles. The summed E-state index contributed by atoms with van der Waals surface area (Å²) < 4.78 is 11.4. The Morgan fingerprint density at radius 2 is 1.75 bits per heavy atom. The van der Waals surface area contributed by atoms with Crippen molar-refractivity contribution in [1.82, 2.24) is 0 Å². The molecule has 2 rings (SSSR count). The fraction of sp³-hybridized carbons (Fsp3) is 0.200. The summed E-state index contributed by atoms with van der Waals surface area (Å²) in [6.45, 7) is 0.627. The van der Waals surface area contributed by atoms with Crippen LogP contribution in [0.25, 0.3) is 0 Å². The lowest BCUT2D eigenvalue weighted by Crippen LogP contribution is -2.02. The highest BCUT2D eigenvalue weighted by Crippen LogP contribution is 2.29. The van der Waals surface area contributed by atoms with Crippen molar-refractivity contribution in [3.63, 3.8) is 0 Å². The van der Waals surface area contributed by atoms with Gasteiger partial charge in [0, 0.05) is 22.8 Å². The molecule has 0 amide bonds. The molecule has 0 saturated carbocycles. The second kappa shape index (κ2) is 6.86. The summed E-state index contributed by atoms with van der Waals surface area (Å²) in [6.07, 6.45) is 0. The number of methoxy groups -OCH3 is 2. The largest absolute Gasteiger partial charge is 0.496 e. The molecule has 2 aromatic carbocycles. The molecular formula is C15H15BrClNO2. The molecule has 0 radical (unpaired) electrons. The van der Waals surface area contributed by atoms with Gasteiger partial charge in [-0.2, -0.15) is 0 Å². The molecule has 106 valence electrons. The van der Waals surface area contributed by atoms with E-state index in [1.165, 1.54) is 0 Å². The van der Waals surface area contributed by atoms with Crippen LogP contribution in [0.4, 0.5) is 5.69 Å². The van der Waals surface area contributed by atoms with E-state index < -0.39 is 0 Å². The molecule has 0 unspecified atom stereocenters. The van der Waals surface area contributed by atoms with E-state index in [0.29, 0.717) is 11.6 Å². The minimum absolute atomic E-state index is 0.627. The van der Waals surface area contributed by atoms with E-state index >= 15 is 0 Å². The summed E-state index contributed by atoms with van der Waals surface area (Å²) in [4.78, 5) is 0. The first-order valence-electron chi connectivity index (χ1n) is 6.04. The zero-order chi connectivity index (χ0) is 14.5. The fourth-order valence-electron chi connectivity index (χ4n) is 1.86. The molecule has 2 aromatic rings. The normalized spacial score (nSPS) is 10.2. The van der Waals surface area contributed by atoms with Gasteiger partial charge in [-0.3, -0.25) is 0 Å². The van der Waals surface area contributed by atoms with Gasteiger partial charge in [-0.25, -0.2) is 0 Å². The van der Waals surface area contributed by atoms with Gasteiger partial charge in [0.05, 0.1) is 18.7 Å². The monoisotopic (exact) mass is 355 g/mol. The van der Waals surface area contributed by atoms with Crippen molar-refractivity contribution in [1.29, 1.82) is 0 Å². The molecule has 0 fully saturated rings. The second-order valence-corrected chi connectivity index (χ2v) is 5.45. The SMILES string of the molecule is COc1ccc(NCc2cc(Cl)ccc2OC)cc1Br. The maximum absolute atomic E-state index is 6.01. The Hall–Kier alpha value is -1.39. The molecule has 5 heteroatoms. The van der Waals surface area contributed by atoms with Gasteiger partial charge >= 0.3 is 0 Å². The van der Waals surface area contributed by atoms with Crippen LogP contribution in [-0.4, -0.2) is 14.2 Å². The predicted octanol–water partition coefficient (Wildman–Crippen LogP) is 4.73. The predicted molar refractivity (Wildman–Crippen MR) is 86.0 cm³/mol. The van der Waals surface area contributed by atoms with Crippen LogP contribution in [0.3, 0.4) is 0 Å². The summed E-state index contributed by atoms with van der Waals surface area (Å²) in [5.41, 5.74) is 1.99. The van der Waals surface area contributed by atoms with Crippen molar-refractivity contribution >= 4 is 33.2 Å². The summed E-state index contributed by atoms with van der Waals surface area (Å²) in [6, 6.07) is 11.4. The van der Waals surface area contributed by atoms with Crippen molar-refractivity contribution in [2.75, 3.05) is 19.5 Å². The topological polar surface area (TPSA) is 30.5 Å². The van der Waals surface area contributed by atoms with Crippen molar-refractivity contribution in [3.8, 4) is 11.5 Å². The lowest BCUT2D eigenvalue weighted by molar-refractivity contribution is 0.410. The molecule has 0 aliphatic rings. The van der Waals surface area contributed by atoms with Crippen molar-refractivity contribution in [2.45, 2.75) is 6.54 Å². The number of hydrogen-bond acceptors (Lipinski definition) is 3. The van der Waals surface area contributed by atoms with E-state index in [1.807, 2.05) is 36.4 Å². The first kappa shape index (κ1) is 15.0. The molecule has 0 heterocycles. The molecule has 0 saturated heterocycles. The zero-order valence-electron chi connectivity index (χ0n) is 11.2. The first-order chi connectivity index (χ1) is 9.63. The van der Waals surface area contributed by atoms with Crippen LogP contribution in [0.2, 0.25) is 5.02 Å². The van der Waals surface area contributed by atoms with Gasteiger partial charge in [-0.05, 0) is 52.3 Å². The minimum Gasteiger partial charge on any atom is -0.496 e. The first-order valence-corrected chi connectivity index (χ1v) is 7.21. The van der Waals surface area contributed by atoms with Crippen LogP contribution in [-0.2, 0) is 6.54 Å². The lowest BCUT2D eigenvalue weighted by atomic mass is 10.2. The molecule has 0 aromatic heterocycles. The summed E-state index contributed by atoms with van der Waals surface area (Å²) in [7, 11) is 3.29. The maximum atomic E-state index is 6.01. The molecule has 0 aliphatic carbocycles. The van der Waals surface area contributed by atoms with Crippen LogP contribution >= 0.6 is 27.5 Å². The number of rotatable bonds is 5. The van der Waals surface area contributed by atoms with Crippen molar-refractivity contribution in [2.24, 2.45) is 0 Å².